The van der Waals surface area contributed by atoms with Crippen LogP contribution in [-0.2, 0) is 17.9 Å². The van der Waals surface area contributed by atoms with Crippen molar-refractivity contribution < 1.29 is 9.59 Å². The van der Waals surface area contributed by atoms with E-state index in [0.717, 1.165) is 21.6 Å². The highest BCUT2D eigenvalue weighted by atomic mass is 35.5. The van der Waals surface area contributed by atoms with Gasteiger partial charge < -0.3 is 10.2 Å². The number of rotatable bonds is 6. The molecule has 1 unspecified atom stereocenters. The van der Waals surface area contributed by atoms with Crippen molar-refractivity contribution in [3.8, 4) is 0 Å². The van der Waals surface area contributed by atoms with Crippen molar-refractivity contribution in [3.63, 3.8) is 0 Å². The molecule has 1 aliphatic heterocycles. The third kappa shape index (κ3) is 3.81. The van der Waals surface area contributed by atoms with Crippen molar-refractivity contribution in [2.45, 2.75) is 25.6 Å². The molecular weight excluding hydrogens is 392 g/mol. The highest BCUT2D eigenvalue weighted by Crippen LogP contribution is 2.35. The molecule has 142 valence electrons. The topological polar surface area (TPSA) is 49.4 Å². The zero-order chi connectivity index (χ0) is 19.5. The summed E-state index contributed by atoms with van der Waals surface area (Å²) < 4.78 is 0. The molecule has 0 bridgehead atoms. The summed E-state index contributed by atoms with van der Waals surface area (Å²) in [6.07, 6.45) is 0.213. The number of nitrogens with one attached hydrogen (secondary N) is 1. The Morgan fingerprint density at radius 2 is 1.89 bits per heavy atom. The number of hydrogen-bond donors (Lipinski definition) is 1. The van der Waals surface area contributed by atoms with Crippen LogP contribution in [0, 0.1) is 0 Å². The maximum atomic E-state index is 12.9. The van der Waals surface area contributed by atoms with Crippen LogP contribution >= 0.6 is 22.9 Å². The minimum atomic E-state index is -0.286. The van der Waals surface area contributed by atoms with Crippen LogP contribution in [0.5, 0.6) is 0 Å². The molecule has 0 radical (unpaired) electrons. The third-order valence-electron chi connectivity index (χ3n) is 4.91. The zero-order valence-electron chi connectivity index (χ0n) is 15.1. The van der Waals surface area contributed by atoms with E-state index < -0.39 is 0 Å². The van der Waals surface area contributed by atoms with E-state index in [0.29, 0.717) is 18.1 Å². The molecule has 1 N–H and O–H groups in total. The quantitative estimate of drug-likeness (QED) is 0.634. The van der Waals surface area contributed by atoms with Crippen LogP contribution < -0.4 is 5.32 Å². The summed E-state index contributed by atoms with van der Waals surface area (Å²) in [6.45, 7) is 0.888. The SMILES string of the molecule is O=C(CC(c1cccs1)N1Cc2ccccc2C1=O)NCc1ccccc1Cl. The molecule has 1 aromatic heterocycles. The second-order valence-corrected chi connectivity index (χ2v) is 8.08. The zero-order valence-corrected chi connectivity index (χ0v) is 16.7. The maximum Gasteiger partial charge on any atom is 0.255 e. The van der Waals surface area contributed by atoms with Crippen LogP contribution in [0.4, 0.5) is 0 Å². The Labute approximate surface area is 172 Å². The molecule has 1 atom stereocenters. The lowest BCUT2D eigenvalue weighted by atomic mass is 10.1. The number of carbonyl (C=O) groups excluding carboxylic acids is 2. The first-order chi connectivity index (χ1) is 13.6. The average molecular weight is 411 g/mol. The van der Waals surface area contributed by atoms with Crippen LogP contribution in [0.25, 0.3) is 0 Å². The van der Waals surface area contributed by atoms with E-state index in [9.17, 15) is 9.59 Å². The number of halogens is 1. The van der Waals surface area contributed by atoms with Crippen LogP contribution in [0.2, 0.25) is 5.02 Å². The normalized spacial score (nSPS) is 14.0. The summed E-state index contributed by atoms with van der Waals surface area (Å²) in [5.74, 6) is -0.130. The Morgan fingerprint density at radius 1 is 1.11 bits per heavy atom. The van der Waals surface area contributed by atoms with Crippen molar-refractivity contribution in [1.29, 1.82) is 0 Å². The maximum absolute atomic E-state index is 12.9. The number of amides is 2. The number of carbonyl (C=O) groups is 2. The predicted octanol–water partition coefficient (Wildman–Crippen LogP) is 4.81. The molecular formula is C22H19ClN2O2S. The lowest BCUT2D eigenvalue weighted by Crippen LogP contribution is -2.33. The fourth-order valence-electron chi connectivity index (χ4n) is 3.46. The molecule has 0 aliphatic carbocycles. The number of thiophene rings is 1. The van der Waals surface area contributed by atoms with Gasteiger partial charge in [-0.25, -0.2) is 0 Å². The summed E-state index contributed by atoms with van der Waals surface area (Å²) in [7, 11) is 0. The molecule has 0 spiro atoms. The fraction of sp³-hybridized carbons (Fsp3) is 0.182. The predicted molar refractivity (Wildman–Crippen MR) is 111 cm³/mol. The molecule has 4 nitrogen and oxygen atoms in total. The molecule has 2 heterocycles. The molecule has 3 aromatic rings. The van der Waals surface area contributed by atoms with Crippen molar-refractivity contribution in [2.24, 2.45) is 0 Å². The first-order valence-corrected chi connectivity index (χ1v) is 10.3. The molecule has 1 aliphatic rings. The Morgan fingerprint density at radius 3 is 2.64 bits per heavy atom. The average Bonchev–Trinajstić information content (AvgIpc) is 3.34. The van der Waals surface area contributed by atoms with Gasteiger partial charge in [0.05, 0.1) is 12.5 Å². The van der Waals surface area contributed by atoms with Crippen LogP contribution in [0.1, 0.15) is 38.8 Å². The number of hydrogen-bond acceptors (Lipinski definition) is 3. The number of nitrogens with zero attached hydrogens (tertiary/aromatic N) is 1. The molecule has 28 heavy (non-hydrogen) atoms. The largest absolute Gasteiger partial charge is 0.352 e. The van der Waals surface area contributed by atoms with Gasteiger partial charge in [0, 0.05) is 28.6 Å². The van der Waals surface area contributed by atoms with Gasteiger partial charge >= 0.3 is 0 Å². The van der Waals surface area contributed by atoms with Gasteiger partial charge in [-0.1, -0.05) is 54.1 Å². The van der Waals surface area contributed by atoms with Gasteiger partial charge in [-0.3, -0.25) is 9.59 Å². The summed E-state index contributed by atoms with van der Waals surface area (Å²) in [4.78, 5) is 28.4. The van der Waals surface area contributed by atoms with Gasteiger partial charge in [-0.2, -0.15) is 0 Å². The van der Waals surface area contributed by atoms with Crippen molar-refractivity contribution >= 4 is 34.8 Å². The molecule has 0 fully saturated rings. The number of benzene rings is 2. The van der Waals surface area contributed by atoms with Crippen LogP contribution in [-0.4, -0.2) is 16.7 Å². The smallest absolute Gasteiger partial charge is 0.255 e. The summed E-state index contributed by atoms with van der Waals surface area (Å²) in [5.41, 5.74) is 2.60. The van der Waals surface area contributed by atoms with Crippen molar-refractivity contribution in [2.75, 3.05) is 0 Å². The molecule has 2 aromatic carbocycles. The molecule has 4 rings (SSSR count). The second-order valence-electron chi connectivity index (χ2n) is 6.69. The highest BCUT2D eigenvalue weighted by Gasteiger charge is 2.34. The van der Waals surface area contributed by atoms with E-state index in [4.69, 9.17) is 11.6 Å². The van der Waals surface area contributed by atoms with E-state index in [1.807, 2.05) is 60.0 Å². The molecule has 2 amide bonds. The first-order valence-electron chi connectivity index (χ1n) is 9.06. The van der Waals surface area contributed by atoms with E-state index in [1.54, 1.807) is 22.3 Å². The summed E-state index contributed by atoms with van der Waals surface area (Å²) >= 11 is 7.73. The van der Waals surface area contributed by atoms with Crippen molar-refractivity contribution in [1.82, 2.24) is 10.2 Å². The van der Waals surface area contributed by atoms with Gasteiger partial charge in [0.25, 0.3) is 5.91 Å². The van der Waals surface area contributed by atoms with Crippen LogP contribution in [0.3, 0.4) is 0 Å². The second kappa shape index (κ2) is 8.17. The van der Waals surface area contributed by atoms with E-state index in [2.05, 4.69) is 5.32 Å². The van der Waals surface area contributed by atoms with Crippen LogP contribution in [0.15, 0.2) is 66.0 Å². The molecule has 0 saturated carbocycles. The third-order valence-corrected chi connectivity index (χ3v) is 6.25. The van der Waals surface area contributed by atoms with Gasteiger partial charge in [0.1, 0.15) is 0 Å². The Hall–Kier alpha value is -2.63. The summed E-state index contributed by atoms with van der Waals surface area (Å²) in [6, 6.07) is 18.7. The Kier molecular flexibility index (Phi) is 5.46. The highest BCUT2D eigenvalue weighted by molar-refractivity contribution is 7.10. The van der Waals surface area contributed by atoms with Gasteiger partial charge in [0.2, 0.25) is 5.91 Å². The summed E-state index contributed by atoms with van der Waals surface area (Å²) in [5, 5.41) is 5.53. The molecule has 6 heteroatoms. The van der Waals surface area contributed by atoms with E-state index in [1.165, 1.54) is 0 Å². The lowest BCUT2D eigenvalue weighted by molar-refractivity contribution is -0.122. The van der Waals surface area contributed by atoms with Gasteiger partial charge in [-0.05, 0) is 34.7 Å². The first kappa shape index (κ1) is 18.7. The lowest BCUT2D eigenvalue weighted by Gasteiger charge is -2.26. The van der Waals surface area contributed by atoms with E-state index >= 15 is 0 Å². The Balaban J connectivity index is 1.50. The fourth-order valence-corrected chi connectivity index (χ4v) is 4.50. The minimum Gasteiger partial charge on any atom is -0.352 e. The number of fused-ring (bicyclic) bond motifs is 1. The Bertz CT molecular complexity index is 1000. The monoisotopic (exact) mass is 410 g/mol. The standard InChI is InChI=1S/C22H19ClN2O2S/c23-18-9-4-2-6-15(18)13-24-21(26)12-19(20-10-5-11-28-20)25-14-16-7-1-3-8-17(16)22(25)27/h1-11,19H,12-14H2,(H,24,26). The minimum absolute atomic E-state index is 0.0205. The van der Waals surface area contributed by atoms with Gasteiger partial charge in [0.15, 0.2) is 0 Å². The van der Waals surface area contributed by atoms with Gasteiger partial charge in [-0.15, -0.1) is 11.3 Å². The van der Waals surface area contributed by atoms with E-state index in [-0.39, 0.29) is 24.3 Å². The van der Waals surface area contributed by atoms with Crippen molar-refractivity contribution in [3.05, 3.63) is 92.6 Å². The molecule has 0 saturated heterocycles.